The zero-order valence-electron chi connectivity index (χ0n) is 17.5. The van der Waals surface area contributed by atoms with E-state index in [0.717, 1.165) is 39.2 Å². The van der Waals surface area contributed by atoms with Crippen LogP contribution in [-0.4, -0.2) is 25.0 Å². The fraction of sp³-hybridized carbons (Fsp3) is 0.160. The predicted molar refractivity (Wildman–Crippen MR) is 126 cm³/mol. The molecule has 158 valence electrons. The summed E-state index contributed by atoms with van der Waals surface area (Å²) in [7, 11) is 3.26. The first-order valence-electron chi connectivity index (χ1n) is 9.97. The van der Waals surface area contributed by atoms with Crippen LogP contribution in [0.15, 0.2) is 78.0 Å². The second kappa shape index (κ2) is 9.58. The van der Waals surface area contributed by atoms with Gasteiger partial charge in [0, 0.05) is 34.2 Å². The van der Waals surface area contributed by atoms with Crippen molar-refractivity contribution in [2.24, 2.45) is 5.10 Å². The average molecular weight is 434 g/mol. The molecule has 0 unspecified atom stereocenters. The highest BCUT2D eigenvalue weighted by molar-refractivity contribution is 6.30. The van der Waals surface area contributed by atoms with E-state index in [9.17, 15) is 0 Å². The van der Waals surface area contributed by atoms with Gasteiger partial charge in [0.1, 0.15) is 0 Å². The summed E-state index contributed by atoms with van der Waals surface area (Å²) in [5, 5.41) is 6.34. The van der Waals surface area contributed by atoms with E-state index >= 15 is 0 Å². The van der Waals surface area contributed by atoms with Gasteiger partial charge in [-0.1, -0.05) is 48.0 Å². The number of fused-ring (bicyclic) bond motifs is 1. The molecule has 4 aromatic rings. The Labute approximate surface area is 186 Å². The topological polar surface area (TPSA) is 47.8 Å². The van der Waals surface area contributed by atoms with Crippen LogP contribution in [-0.2, 0) is 13.1 Å². The summed E-state index contributed by atoms with van der Waals surface area (Å²) >= 11 is 6.15. The summed E-state index contributed by atoms with van der Waals surface area (Å²) in [5.74, 6) is 1.41. The van der Waals surface area contributed by atoms with Crippen LogP contribution in [0.2, 0.25) is 5.02 Å². The summed E-state index contributed by atoms with van der Waals surface area (Å²) in [6.45, 7) is 1.33. The highest BCUT2D eigenvalue weighted by atomic mass is 35.5. The van der Waals surface area contributed by atoms with Crippen LogP contribution in [0.1, 0.15) is 16.7 Å². The summed E-state index contributed by atoms with van der Waals surface area (Å²) in [5.41, 5.74) is 7.54. The minimum atomic E-state index is 0.581. The largest absolute Gasteiger partial charge is 0.493 e. The van der Waals surface area contributed by atoms with Crippen molar-refractivity contribution in [3.05, 3.63) is 94.6 Å². The molecule has 1 N–H and O–H groups in total. The highest BCUT2D eigenvalue weighted by Gasteiger charge is 2.08. The zero-order valence-corrected chi connectivity index (χ0v) is 18.3. The summed E-state index contributed by atoms with van der Waals surface area (Å²) in [6.07, 6.45) is 3.98. The van der Waals surface area contributed by atoms with Crippen molar-refractivity contribution in [3.63, 3.8) is 0 Å². The number of methoxy groups -OCH3 is 2. The number of hydrogen-bond donors (Lipinski definition) is 1. The number of aromatic nitrogens is 1. The molecule has 0 aliphatic heterocycles. The molecule has 1 aromatic heterocycles. The molecular weight excluding hydrogens is 410 g/mol. The van der Waals surface area contributed by atoms with Crippen LogP contribution in [0.3, 0.4) is 0 Å². The standard InChI is InChI=1S/C25H24ClN3O2/c1-30-24-11-10-18(13-25(24)31-2)14-27-28-15-20-17-29(23-9-4-3-8-22(20)23)16-19-6-5-7-21(26)12-19/h3-13,15,17,27H,14,16H2,1-2H3/b28-15+. The van der Waals surface area contributed by atoms with Gasteiger partial charge in [0.05, 0.1) is 27.0 Å². The Hall–Kier alpha value is -3.44. The van der Waals surface area contributed by atoms with Gasteiger partial charge in [0.2, 0.25) is 0 Å². The van der Waals surface area contributed by atoms with Crippen molar-refractivity contribution in [3.8, 4) is 11.5 Å². The maximum Gasteiger partial charge on any atom is 0.161 e. The first-order chi connectivity index (χ1) is 15.2. The van der Waals surface area contributed by atoms with E-state index in [2.05, 4.69) is 39.5 Å². The van der Waals surface area contributed by atoms with E-state index < -0.39 is 0 Å². The molecule has 0 aliphatic carbocycles. The number of nitrogens with zero attached hydrogens (tertiary/aromatic N) is 2. The molecule has 0 bridgehead atoms. The Bertz CT molecular complexity index is 1220. The van der Waals surface area contributed by atoms with Crippen LogP contribution in [0, 0.1) is 0 Å². The van der Waals surface area contributed by atoms with E-state index in [1.165, 1.54) is 0 Å². The molecule has 0 amide bonds. The molecule has 0 radical (unpaired) electrons. The smallest absolute Gasteiger partial charge is 0.161 e. The number of halogens is 1. The minimum Gasteiger partial charge on any atom is -0.493 e. The molecule has 3 aromatic carbocycles. The summed E-state index contributed by atoms with van der Waals surface area (Å²) in [6, 6.07) is 22.1. The lowest BCUT2D eigenvalue weighted by Gasteiger charge is -2.09. The zero-order chi connectivity index (χ0) is 21.6. The Morgan fingerprint density at radius 3 is 2.58 bits per heavy atom. The van der Waals surface area contributed by atoms with Gasteiger partial charge in [-0.15, -0.1) is 0 Å². The third-order valence-electron chi connectivity index (χ3n) is 5.09. The van der Waals surface area contributed by atoms with Gasteiger partial charge in [-0.25, -0.2) is 0 Å². The van der Waals surface area contributed by atoms with Crippen LogP contribution < -0.4 is 14.9 Å². The molecule has 5 nitrogen and oxygen atoms in total. The van der Waals surface area contributed by atoms with Crippen LogP contribution >= 0.6 is 11.6 Å². The van der Waals surface area contributed by atoms with E-state index in [1.54, 1.807) is 14.2 Å². The maximum absolute atomic E-state index is 6.15. The second-order valence-electron chi connectivity index (χ2n) is 7.14. The van der Waals surface area contributed by atoms with Crippen molar-refractivity contribution < 1.29 is 9.47 Å². The fourth-order valence-electron chi connectivity index (χ4n) is 3.58. The molecular formula is C25H24ClN3O2. The van der Waals surface area contributed by atoms with E-state index in [1.807, 2.05) is 54.7 Å². The Balaban J connectivity index is 1.50. The lowest BCUT2D eigenvalue weighted by Crippen LogP contribution is -2.06. The van der Waals surface area contributed by atoms with Crippen molar-refractivity contribution in [1.82, 2.24) is 9.99 Å². The van der Waals surface area contributed by atoms with Crippen molar-refractivity contribution >= 4 is 28.7 Å². The molecule has 31 heavy (non-hydrogen) atoms. The van der Waals surface area contributed by atoms with Crippen molar-refractivity contribution in [2.75, 3.05) is 14.2 Å². The lowest BCUT2D eigenvalue weighted by atomic mass is 10.2. The van der Waals surface area contributed by atoms with Crippen molar-refractivity contribution in [2.45, 2.75) is 13.1 Å². The van der Waals surface area contributed by atoms with E-state index in [-0.39, 0.29) is 0 Å². The minimum absolute atomic E-state index is 0.581. The van der Waals surface area contributed by atoms with Gasteiger partial charge in [-0.3, -0.25) is 0 Å². The van der Waals surface area contributed by atoms with Crippen LogP contribution in [0.5, 0.6) is 11.5 Å². The molecule has 6 heteroatoms. The number of benzene rings is 3. The van der Waals surface area contributed by atoms with Gasteiger partial charge in [0.15, 0.2) is 11.5 Å². The van der Waals surface area contributed by atoms with E-state index in [4.69, 9.17) is 21.1 Å². The van der Waals surface area contributed by atoms with Gasteiger partial charge in [-0.05, 0) is 41.5 Å². The Kier molecular flexibility index (Phi) is 6.43. The second-order valence-corrected chi connectivity index (χ2v) is 7.58. The number of hydrazone groups is 1. The van der Waals surface area contributed by atoms with Gasteiger partial charge in [0.25, 0.3) is 0 Å². The molecule has 0 fully saturated rings. The first kappa shape index (κ1) is 20.8. The number of para-hydroxylation sites is 1. The van der Waals surface area contributed by atoms with Crippen LogP contribution in [0.4, 0.5) is 0 Å². The number of nitrogens with one attached hydrogen (secondary N) is 1. The average Bonchev–Trinajstić information content (AvgIpc) is 3.14. The number of rotatable bonds is 8. The SMILES string of the molecule is COc1ccc(CN/N=C/c2cn(Cc3cccc(Cl)c3)c3ccccc23)cc1OC. The third kappa shape index (κ3) is 4.84. The molecule has 0 saturated heterocycles. The third-order valence-corrected chi connectivity index (χ3v) is 5.32. The Morgan fingerprint density at radius 1 is 0.935 bits per heavy atom. The number of hydrogen-bond acceptors (Lipinski definition) is 4. The van der Waals surface area contributed by atoms with Gasteiger partial charge < -0.3 is 19.5 Å². The van der Waals surface area contributed by atoms with E-state index in [0.29, 0.717) is 18.0 Å². The molecule has 0 spiro atoms. The predicted octanol–water partition coefficient (Wildman–Crippen LogP) is 5.48. The number of ether oxygens (including phenoxy) is 2. The fourth-order valence-corrected chi connectivity index (χ4v) is 3.80. The van der Waals surface area contributed by atoms with Crippen LogP contribution in [0.25, 0.3) is 10.9 Å². The lowest BCUT2D eigenvalue weighted by molar-refractivity contribution is 0.354. The molecule has 0 saturated carbocycles. The quantitative estimate of drug-likeness (QED) is 0.295. The Morgan fingerprint density at radius 2 is 1.77 bits per heavy atom. The monoisotopic (exact) mass is 433 g/mol. The molecule has 4 rings (SSSR count). The summed E-state index contributed by atoms with van der Waals surface area (Å²) < 4.78 is 12.9. The van der Waals surface area contributed by atoms with Gasteiger partial charge >= 0.3 is 0 Å². The normalized spacial score (nSPS) is 11.2. The maximum atomic E-state index is 6.15. The van der Waals surface area contributed by atoms with Gasteiger partial charge in [-0.2, -0.15) is 5.10 Å². The highest BCUT2D eigenvalue weighted by Crippen LogP contribution is 2.27. The molecule has 1 heterocycles. The van der Waals surface area contributed by atoms with Crippen molar-refractivity contribution in [1.29, 1.82) is 0 Å². The summed E-state index contributed by atoms with van der Waals surface area (Å²) in [4.78, 5) is 0. The first-order valence-corrected chi connectivity index (χ1v) is 10.3. The molecule has 0 aliphatic rings. The molecule has 0 atom stereocenters.